The van der Waals surface area contributed by atoms with Crippen LogP contribution in [0.4, 0.5) is 5.69 Å². The summed E-state index contributed by atoms with van der Waals surface area (Å²) in [6.45, 7) is 6.76. The van der Waals surface area contributed by atoms with E-state index in [9.17, 15) is 9.59 Å². The zero-order valence-electron chi connectivity index (χ0n) is 18.3. The van der Waals surface area contributed by atoms with Gasteiger partial charge in [-0.15, -0.1) is 11.3 Å². The lowest BCUT2D eigenvalue weighted by molar-refractivity contribution is -0.121. The largest absolute Gasteiger partial charge is 0.337 e. The lowest BCUT2D eigenvalue weighted by atomic mass is 9.96. The number of thiophene rings is 1. The molecule has 0 saturated carbocycles. The molecule has 2 aliphatic heterocycles. The third-order valence-corrected chi connectivity index (χ3v) is 7.18. The zero-order chi connectivity index (χ0) is 21.6. The first-order chi connectivity index (χ1) is 15.1. The first-order valence-electron chi connectivity index (χ1n) is 11.2. The molecule has 0 bridgehead atoms. The van der Waals surface area contributed by atoms with Crippen LogP contribution in [0.3, 0.4) is 0 Å². The van der Waals surface area contributed by atoms with Gasteiger partial charge in [0, 0.05) is 51.5 Å². The van der Waals surface area contributed by atoms with Crippen LogP contribution in [0.1, 0.15) is 28.1 Å². The van der Waals surface area contributed by atoms with E-state index in [-0.39, 0.29) is 17.7 Å². The molecule has 2 amide bonds. The van der Waals surface area contributed by atoms with Crippen molar-refractivity contribution in [2.45, 2.75) is 19.3 Å². The van der Waals surface area contributed by atoms with Gasteiger partial charge in [-0.2, -0.15) is 0 Å². The highest BCUT2D eigenvalue weighted by atomic mass is 32.1. The molecule has 2 fully saturated rings. The Bertz CT molecular complexity index is 877. The molecule has 1 N–H and O–H groups in total. The third kappa shape index (κ3) is 5.93. The van der Waals surface area contributed by atoms with Gasteiger partial charge in [0.25, 0.3) is 5.91 Å². The van der Waals surface area contributed by atoms with Crippen molar-refractivity contribution in [2.24, 2.45) is 5.92 Å². The maximum Gasteiger partial charge on any atom is 0.263 e. The minimum absolute atomic E-state index is 0.0138. The van der Waals surface area contributed by atoms with Crippen LogP contribution in [-0.2, 0) is 11.2 Å². The Morgan fingerprint density at radius 3 is 2.71 bits per heavy atom. The smallest absolute Gasteiger partial charge is 0.263 e. The number of carbonyl (C=O) groups is 2. The molecule has 6 nitrogen and oxygen atoms in total. The number of rotatable bonds is 6. The molecule has 3 heterocycles. The van der Waals surface area contributed by atoms with Gasteiger partial charge in [-0.3, -0.25) is 9.59 Å². The lowest BCUT2D eigenvalue weighted by Crippen LogP contribution is -2.45. The van der Waals surface area contributed by atoms with Gasteiger partial charge in [0.05, 0.1) is 10.8 Å². The van der Waals surface area contributed by atoms with Gasteiger partial charge >= 0.3 is 0 Å². The number of anilines is 1. The number of piperidine rings is 1. The molecular formula is C24H32N4O2S. The monoisotopic (exact) mass is 440 g/mol. The Hall–Kier alpha value is -2.22. The van der Waals surface area contributed by atoms with E-state index in [0.717, 1.165) is 69.1 Å². The van der Waals surface area contributed by atoms with Gasteiger partial charge in [0.2, 0.25) is 5.91 Å². The fourth-order valence-corrected chi connectivity index (χ4v) is 5.03. The molecule has 1 aromatic heterocycles. The number of hydrogen-bond donors (Lipinski definition) is 1. The molecule has 166 valence electrons. The van der Waals surface area contributed by atoms with Crippen molar-refractivity contribution in [1.82, 2.24) is 14.7 Å². The average molecular weight is 441 g/mol. The normalized spacial score (nSPS) is 20.5. The fraction of sp³-hybridized carbons (Fsp3) is 0.500. The predicted octanol–water partition coefficient (Wildman–Crippen LogP) is 3.03. The van der Waals surface area contributed by atoms with Crippen molar-refractivity contribution < 1.29 is 9.59 Å². The molecule has 1 unspecified atom stereocenters. The summed E-state index contributed by atoms with van der Waals surface area (Å²) in [6, 6.07) is 11.9. The van der Waals surface area contributed by atoms with Crippen molar-refractivity contribution in [3.8, 4) is 0 Å². The van der Waals surface area contributed by atoms with Crippen LogP contribution in [0.25, 0.3) is 0 Å². The van der Waals surface area contributed by atoms with E-state index in [2.05, 4.69) is 34.3 Å². The van der Waals surface area contributed by atoms with E-state index in [1.54, 1.807) is 0 Å². The summed E-state index contributed by atoms with van der Waals surface area (Å²) in [7, 11) is 2.17. The van der Waals surface area contributed by atoms with Crippen molar-refractivity contribution in [3.05, 3.63) is 52.2 Å². The second-order valence-corrected chi connectivity index (χ2v) is 9.60. The van der Waals surface area contributed by atoms with E-state index in [0.29, 0.717) is 6.54 Å². The molecule has 1 atom stereocenters. The Kier molecular flexibility index (Phi) is 7.37. The number of likely N-dealkylation sites (N-methyl/N-ethyl adjacent to an activating group) is 1. The quantitative estimate of drug-likeness (QED) is 0.750. The molecule has 2 aromatic rings. The minimum Gasteiger partial charge on any atom is -0.337 e. The molecule has 7 heteroatoms. The van der Waals surface area contributed by atoms with Crippen LogP contribution in [0.5, 0.6) is 0 Å². The molecule has 2 aliphatic rings. The van der Waals surface area contributed by atoms with Crippen molar-refractivity contribution >= 4 is 28.8 Å². The number of amides is 2. The Balaban J connectivity index is 1.30. The van der Waals surface area contributed by atoms with E-state index >= 15 is 0 Å². The fourth-order valence-electron chi connectivity index (χ4n) is 4.34. The summed E-state index contributed by atoms with van der Waals surface area (Å²) in [5.41, 5.74) is 2.09. The number of carbonyl (C=O) groups excluding carboxylic acids is 2. The highest BCUT2D eigenvalue weighted by molar-refractivity contribution is 7.12. The summed E-state index contributed by atoms with van der Waals surface area (Å²) in [5, 5.41) is 5.01. The number of benzene rings is 1. The zero-order valence-corrected chi connectivity index (χ0v) is 19.1. The SMILES string of the molecule is CN1CCN(CCc2cccc(NC(=O)C3CCCN(C(=O)c4cccs4)C3)c2)CC1. The van der Waals surface area contributed by atoms with Gasteiger partial charge in [0.15, 0.2) is 0 Å². The summed E-state index contributed by atoms with van der Waals surface area (Å²) in [5.74, 6) is -0.107. The van der Waals surface area contributed by atoms with E-state index in [4.69, 9.17) is 0 Å². The first kappa shape index (κ1) is 22.0. The van der Waals surface area contributed by atoms with Crippen LogP contribution in [0.15, 0.2) is 41.8 Å². The third-order valence-electron chi connectivity index (χ3n) is 6.32. The van der Waals surface area contributed by atoms with Crippen LogP contribution < -0.4 is 5.32 Å². The molecule has 0 aliphatic carbocycles. The number of likely N-dealkylation sites (tertiary alicyclic amines) is 1. The van der Waals surface area contributed by atoms with Gasteiger partial charge in [-0.1, -0.05) is 18.2 Å². The van der Waals surface area contributed by atoms with Crippen molar-refractivity contribution in [3.63, 3.8) is 0 Å². The van der Waals surface area contributed by atoms with E-state index in [1.165, 1.54) is 16.9 Å². The predicted molar refractivity (Wildman–Crippen MR) is 126 cm³/mol. The minimum atomic E-state index is -0.161. The first-order valence-corrected chi connectivity index (χ1v) is 12.1. The van der Waals surface area contributed by atoms with Gasteiger partial charge in [-0.05, 0) is 55.5 Å². The van der Waals surface area contributed by atoms with Crippen LogP contribution >= 0.6 is 11.3 Å². The number of nitrogens with one attached hydrogen (secondary N) is 1. The lowest BCUT2D eigenvalue weighted by Gasteiger charge is -2.32. The standard InChI is InChI=1S/C24H32N4O2S/c1-26-12-14-27(15-13-26)11-9-19-5-2-7-21(17-19)25-23(29)20-6-3-10-28(18-20)24(30)22-8-4-16-31-22/h2,4-5,7-8,16-17,20H,3,6,9-15,18H2,1H3,(H,25,29). The van der Waals surface area contributed by atoms with Crippen LogP contribution in [0, 0.1) is 5.92 Å². The summed E-state index contributed by atoms with van der Waals surface area (Å²) in [4.78, 5) is 33.0. The molecular weight excluding hydrogens is 408 g/mol. The van der Waals surface area contributed by atoms with Crippen molar-refractivity contribution in [2.75, 3.05) is 58.2 Å². The summed E-state index contributed by atoms with van der Waals surface area (Å²) in [6.07, 6.45) is 2.67. The maximum atomic E-state index is 12.9. The number of piperazine rings is 1. The highest BCUT2D eigenvalue weighted by Crippen LogP contribution is 2.22. The van der Waals surface area contributed by atoms with Crippen LogP contribution in [0.2, 0.25) is 0 Å². The second-order valence-electron chi connectivity index (χ2n) is 8.65. The Morgan fingerprint density at radius 1 is 1.10 bits per heavy atom. The van der Waals surface area contributed by atoms with Gasteiger partial charge < -0.3 is 20.0 Å². The number of nitrogens with zero attached hydrogens (tertiary/aromatic N) is 3. The molecule has 0 spiro atoms. The topological polar surface area (TPSA) is 55.9 Å². The summed E-state index contributed by atoms with van der Waals surface area (Å²) < 4.78 is 0. The van der Waals surface area contributed by atoms with Crippen LogP contribution in [-0.4, -0.2) is 79.4 Å². The Morgan fingerprint density at radius 2 is 1.94 bits per heavy atom. The molecule has 4 rings (SSSR count). The van der Waals surface area contributed by atoms with E-state index in [1.807, 2.05) is 34.5 Å². The molecule has 1 aromatic carbocycles. The highest BCUT2D eigenvalue weighted by Gasteiger charge is 2.29. The second kappa shape index (κ2) is 10.4. The maximum absolute atomic E-state index is 12.9. The Labute approximate surface area is 188 Å². The van der Waals surface area contributed by atoms with E-state index < -0.39 is 0 Å². The average Bonchev–Trinajstić information content (AvgIpc) is 3.33. The van der Waals surface area contributed by atoms with Crippen molar-refractivity contribution in [1.29, 1.82) is 0 Å². The number of hydrogen-bond acceptors (Lipinski definition) is 5. The van der Waals surface area contributed by atoms with Gasteiger partial charge in [0.1, 0.15) is 0 Å². The summed E-state index contributed by atoms with van der Waals surface area (Å²) >= 11 is 1.46. The molecule has 31 heavy (non-hydrogen) atoms. The molecule has 2 saturated heterocycles. The molecule has 0 radical (unpaired) electrons. The van der Waals surface area contributed by atoms with Gasteiger partial charge in [-0.25, -0.2) is 0 Å².